The largest absolute Gasteiger partial charge is 0.298 e. The lowest BCUT2D eigenvalue weighted by atomic mass is 10.1. The van der Waals surface area contributed by atoms with Gasteiger partial charge in [-0.3, -0.25) is 4.79 Å². The second-order valence-electron chi connectivity index (χ2n) is 4.96. The second-order valence-corrected chi connectivity index (χ2v) is 5.37. The maximum atomic E-state index is 13.3. The summed E-state index contributed by atoms with van der Waals surface area (Å²) in [7, 11) is 0. The van der Waals surface area contributed by atoms with Crippen LogP contribution in [0.25, 0.3) is 16.9 Å². The zero-order chi connectivity index (χ0) is 15.7. The van der Waals surface area contributed by atoms with E-state index >= 15 is 0 Å². The fourth-order valence-electron chi connectivity index (χ4n) is 2.17. The van der Waals surface area contributed by atoms with Crippen molar-refractivity contribution in [2.24, 2.45) is 0 Å². The summed E-state index contributed by atoms with van der Waals surface area (Å²) in [5.74, 6) is -0.494. The summed E-state index contributed by atoms with van der Waals surface area (Å²) in [6, 6.07) is 12.0. The smallest absolute Gasteiger partial charge is 0.153 e. The minimum Gasteiger partial charge on any atom is -0.298 e. The average Bonchev–Trinajstić information content (AvgIpc) is 2.95. The van der Waals surface area contributed by atoms with Crippen LogP contribution in [-0.4, -0.2) is 16.1 Å². The Labute approximate surface area is 132 Å². The van der Waals surface area contributed by atoms with E-state index in [2.05, 4.69) is 5.10 Å². The van der Waals surface area contributed by atoms with Crippen molar-refractivity contribution in [2.45, 2.75) is 6.92 Å². The number of hydrogen-bond donors (Lipinski definition) is 0. The van der Waals surface area contributed by atoms with Crippen molar-refractivity contribution >= 4 is 17.9 Å². The van der Waals surface area contributed by atoms with Gasteiger partial charge in [-0.25, -0.2) is 9.07 Å². The van der Waals surface area contributed by atoms with Crippen molar-refractivity contribution in [3.05, 3.63) is 70.6 Å². The topological polar surface area (TPSA) is 34.9 Å². The SMILES string of the molecule is Cc1ccc(-c2nn(-c3ccc(F)c(Cl)c3)cc2C=O)cc1. The van der Waals surface area contributed by atoms with Gasteiger partial charge in [0.25, 0.3) is 0 Å². The Morgan fingerprint density at radius 1 is 1.18 bits per heavy atom. The van der Waals surface area contributed by atoms with Crippen LogP contribution >= 0.6 is 11.6 Å². The van der Waals surface area contributed by atoms with Crippen molar-refractivity contribution in [3.8, 4) is 16.9 Å². The highest BCUT2D eigenvalue weighted by atomic mass is 35.5. The first-order valence-corrected chi connectivity index (χ1v) is 7.03. The summed E-state index contributed by atoms with van der Waals surface area (Å²) >= 11 is 5.79. The van der Waals surface area contributed by atoms with Crippen LogP contribution < -0.4 is 0 Å². The third-order valence-corrected chi connectivity index (χ3v) is 3.65. The van der Waals surface area contributed by atoms with E-state index in [-0.39, 0.29) is 5.02 Å². The summed E-state index contributed by atoms with van der Waals surface area (Å²) in [6.07, 6.45) is 2.36. The first kappa shape index (κ1) is 14.5. The quantitative estimate of drug-likeness (QED) is 0.669. The van der Waals surface area contributed by atoms with Crippen molar-refractivity contribution in [1.82, 2.24) is 9.78 Å². The lowest BCUT2D eigenvalue weighted by Crippen LogP contribution is -1.95. The minimum atomic E-state index is -0.494. The van der Waals surface area contributed by atoms with Gasteiger partial charge in [-0.2, -0.15) is 5.10 Å². The van der Waals surface area contributed by atoms with Crippen LogP contribution in [0.5, 0.6) is 0 Å². The summed E-state index contributed by atoms with van der Waals surface area (Å²) in [5.41, 5.74) is 3.61. The maximum Gasteiger partial charge on any atom is 0.153 e. The molecule has 22 heavy (non-hydrogen) atoms. The van der Waals surface area contributed by atoms with Gasteiger partial charge in [-0.1, -0.05) is 41.4 Å². The summed E-state index contributed by atoms with van der Waals surface area (Å²) in [6.45, 7) is 1.99. The fourth-order valence-corrected chi connectivity index (χ4v) is 2.34. The molecule has 1 aromatic heterocycles. The summed E-state index contributed by atoms with van der Waals surface area (Å²) in [4.78, 5) is 11.3. The monoisotopic (exact) mass is 314 g/mol. The molecule has 0 bridgehead atoms. The predicted molar refractivity (Wildman–Crippen MR) is 84.1 cm³/mol. The van der Waals surface area contributed by atoms with Crippen LogP contribution in [0.15, 0.2) is 48.7 Å². The fraction of sp³-hybridized carbons (Fsp3) is 0.0588. The first-order valence-electron chi connectivity index (χ1n) is 6.66. The Balaban J connectivity index is 2.09. The third-order valence-electron chi connectivity index (χ3n) is 3.36. The molecule has 5 heteroatoms. The number of halogens is 2. The lowest BCUT2D eigenvalue weighted by molar-refractivity contribution is 0.112. The Morgan fingerprint density at radius 2 is 1.91 bits per heavy atom. The number of nitrogens with zero attached hydrogens (tertiary/aromatic N) is 2. The Morgan fingerprint density at radius 3 is 2.55 bits per heavy atom. The van der Waals surface area contributed by atoms with Gasteiger partial charge < -0.3 is 0 Å². The molecule has 0 N–H and O–H groups in total. The molecule has 0 amide bonds. The van der Waals surface area contributed by atoms with Gasteiger partial charge in [0.1, 0.15) is 11.5 Å². The molecule has 0 saturated carbocycles. The molecule has 1 heterocycles. The highest BCUT2D eigenvalue weighted by Gasteiger charge is 2.12. The number of benzene rings is 2. The molecule has 0 atom stereocenters. The molecule has 0 spiro atoms. The maximum absolute atomic E-state index is 13.3. The minimum absolute atomic E-state index is 0.0116. The van der Waals surface area contributed by atoms with Crippen molar-refractivity contribution in [3.63, 3.8) is 0 Å². The highest BCUT2D eigenvalue weighted by Crippen LogP contribution is 2.24. The molecule has 0 saturated heterocycles. The van der Waals surface area contributed by atoms with E-state index in [1.165, 1.54) is 16.8 Å². The van der Waals surface area contributed by atoms with Gasteiger partial charge in [-0.15, -0.1) is 0 Å². The Hall–Kier alpha value is -2.46. The number of hydrogen-bond acceptors (Lipinski definition) is 2. The lowest BCUT2D eigenvalue weighted by Gasteiger charge is -2.02. The molecule has 3 aromatic rings. The van der Waals surface area contributed by atoms with Crippen molar-refractivity contribution < 1.29 is 9.18 Å². The number of aryl methyl sites for hydroxylation is 1. The number of aldehydes is 1. The van der Waals surface area contributed by atoms with E-state index in [0.717, 1.165) is 17.4 Å². The molecule has 3 nitrogen and oxygen atoms in total. The predicted octanol–water partition coefficient (Wildman–Crippen LogP) is 4.45. The standard InChI is InChI=1S/C17H12ClFN2O/c1-11-2-4-12(5-3-11)17-13(10-22)9-21(20-17)14-6-7-16(19)15(18)8-14/h2-10H,1H3. The van der Waals surface area contributed by atoms with Gasteiger partial charge in [-0.05, 0) is 25.1 Å². The number of carbonyl (C=O) groups is 1. The van der Waals surface area contributed by atoms with Gasteiger partial charge in [0, 0.05) is 11.8 Å². The average molecular weight is 315 g/mol. The van der Waals surface area contributed by atoms with E-state index < -0.39 is 5.82 Å². The molecule has 2 aromatic carbocycles. The third kappa shape index (κ3) is 2.65. The molecule has 0 radical (unpaired) electrons. The summed E-state index contributed by atoms with van der Waals surface area (Å²) in [5, 5.41) is 4.44. The van der Waals surface area contributed by atoms with E-state index in [1.54, 1.807) is 12.3 Å². The normalized spacial score (nSPS) is 10.7. The molecule has 110 valence electrons. The van der Waals surface area contributed by atoms with Gasteiger partial charge in [0.2, 0.25) is 0 Å². The first-order chi connectivity index (χ1) is 10.6. The molecule has 0 aliphatic heterocycles. The number of aromatic nitrogens is 2. The van der Waals surface area contributed by atoms with E-state index in [1.807, 2.05) is 31.2 Å². The number of carbonyl (C=O) groups excluding carboxylic acids is 1. The van der Waals surface area contributed by atoms with Gasteiger partial charge in [0.15, 0.2) is 6.29 Å². The van der Waals surface area contributed by atoms with Crippen LogP contribution in [0.3, 0.4) is 0 Å². The molecule has 0 aliphatic carbocycles. The zero-order valence-corrected chi connectivity index (χ0v) is 12.5. The molecule has 0 unspecified atom stereocenters. The van der Waals surface area contributed by atoms with Crippen molar-refractivity contribution in [2.75, 3.05) is 0 Å². The Bertz CT molecular complexity index is 840. The Kier molecular flexibility index (Phi) is 3.77. The number of rotatable bonds is 3. The van der Waals surface area contributed by atoms with Crippen molar-refractivity contribution in [1.29, 1.82) is 0 Å². The zero-order valence-electron chi connectivity index (χ0n) is 11.8. The van der Waals surface area contributed by atoms with E-state index in [9.17, 15) is 9.18 Å². The molecular formula is C17H12ClFN2O. The van der Waals surface area contributed by atoms with Gasteiger partial charge >= 0.3 is 0 Å². The van der Waals surface area contributed by atoms with Gasteiger partial charge in [0.05, 0.1) is 16.3 Å². The molecular weight excluding hydrogens is 303 g/mol. The molecule has 3 rings (SSSR count). The van der Waals surface area contributed by atoms with Crippen LogP contribution in [0.4, 0.5) is 4.39 Å². The highest BCUT2D eigenvalue weighted by molar-refractivity contribution is 6.30. The van der Waals surface area contributed by atoms with Crippen LogP contribution in [0.1, 0.15) is 15.9 Å². The van der Waals surface area contributed by atoms with Crippen LogP contribution in [0, 0.1) is 12.7 Å². The van der Waals surface area contributed by atoms with E-state index in [0.29, 0.717) is 16.9 Å². The molecule has 0 fully saturated rings. The van der Waals surface area contributed by atoms with Crippen LogP contribution in [-0.2, 0) is 0 Å². The molecule has 0 aliphatic rings. The van der Waals surface area contributed by atoms with E-state index in [4.69, 9.17) is 11.6 Å². The van der Waals surface area contributed by atoms with Crippen LogP contribution in [0.2, 0.25) is 5.02 Å². The second kappa shape index (κ2) is 5.73. The summed E-state index contributed by atoms with van der Waals surface area (Å²) < 4.78 is 14.8.